The van der Waals surface area contributed by atoms with Crippen molar-refractivity contribution < 1.29 is 4.79 Å². The first-order valence-electron chi connectivity index (χ1n) is 9.24. The molecule has 0 atom stereocenters. The number of aryl methyl sites for hydroxylation is 3. The zero-order chi connectivity index (χ0) is 19.6. The van der Waals surface area contributed by atoms with Crippen LogP contribution in [-0.4, -0.2) is 61.2 Å². The van der Waals surface area contributed by atoms with Crippen molar-refractivity contribution in [1.29, 1.82) is 0 Å². The van der Waals surface area contributed by atoms with Gasteiger partial charge in [-0.2, -0.15) is 0 Å². The first kappa shape index (κ1) is 18.9. The molecule has 3 rings (SSSR count). The second kappa shape index (κ2) is 7.82. The van der Waals surface area contributed by atoms with Crippen LogP contribution in [-0.2, 0) is 0 Å². The predicted molar refractivity (Wildman–Crippen MR) is 110 cm³/mol. The number of nitrogens with one attached hydrogen (secondary N) is 1. The van der Waals surface area contributed by atoms with Gasteiger partial charge in [0.05, 0.1) is 0 Å². The van der Waals surface area contributed by atoms with Gasteiger partial charge in [0.25, 0.3) is 0 Å². The minimum Gasteiger partial charge on any atom is -0.363 e. The number of carbonyl (C=O) groups is 1. The van der Waals surface area contributed by atoms with E-state index in [0.717, 1.165) is 41.8 Å². The van der Waals surface area contributed by atoms with Gasteiger partial charge in [-0.3, -0.25) is 0 Å². The molecule has 1 N–H and O–H groups in total. The van der Waals surface area contributed by atoms with Crippen molar-refractivity contribution in [3.63, 3.8) is 0 Å². The molecule has 0 unspecified atom stereocenters. The van der Waals surface area contributed by atoms with Gasteiger partial charge < -0.3 is 20.0 Å². The Morgan fingerprint density at radius 1 is 1.04 bits per heavy atom. The number of urea groups is 1. The summed E-state index contributed by atoms with van der Waals surface area (Å²) in [6.45, 7) is 8.81. The number of amides is 2. The second-order valence-electron chi connectivity index (χ2n) is 7.25. The maximum atomic E-state index is 12.6. The molecule has 0 saturated carbocycles. The molecular formula is C20H28N6O. The minimum atomic E-state index is -0.0468. The lowest BCUT2D eigenvalue weighted by Gasteiger charge is -2.35. The molecule has 27 heavy (non-hydrogen) atoms. The van der Waals surface area contributed by atoms with Gasteiger partial charge in [0, 0.05) is 52.0 Å². The molecule has 0 bridgehead atoms. The summed E-state index contributed by atoms with van der Waals surface area (Å²) in [5.41, 5.74) is 3.14. The molecule has 0 spiro atoms. The summed E-state index contributed by atoms with van der Waals surface area (Å²) < 4.78 is 0. The normalized spacial score (nSPS) is 14.3. The predicted octanol–water partition coefficient (Wildman–Crippen LogP) is 2.82. The van der Waals surface area contributed by atoms with Crippen LogP contribution < -0.4 is 15.1 Å². The highest BCUT2D eigenvalue weighted by Gasteiger charge is 2.23. The third-order valence-electron chi connectivity index (χ3n) is 4.78. The largest absolute Gasteiger partial charge is 0.363 e. The van der Waals surface area contributed by atoms with Crippen LogP contribution in [0.2, 0.25) is 0 Å². The van der Waals surface area contributed by atoms with Crippen molar-refractivity contribution in [2.45, 2.75) is 20.8 Å². The van der Waals surface area contributed by atoms with Gasteiger partial charge in [-0.25, -0.2) is 14.8 Å². The molecule has 7 heteroatoms. The molecule has 1 aromatic carbocycles. The van der Waals surface area contributed by atoms with E-state index in [2.05, 4.69) is 26.3 Å². The highest BCUT2D eigenvalue weighted by atomic mass is 16.2. The molecule has 144 valence electrons. The van der Waals surface area contributed by atoms with Gasteiger partial charge in [0.15, 0.2) is 0 Å². The van der Waals surface area contributed by atoms with E-state index in [1.165, 1.54) is 5.56 Å². The summed E-state index contributed by atoms with van der Waals surface area (Å²) in [4.78, 5) is 27.7. The molecule has 2 aromatic rings. The van der Waals surface area contributed by atoms with Crippen molar-refractivity contribution in [2.24, 2.45) is 0 Å². The van der Waals surface area contributed by atoms with E-state index in [0.29, 0.717) is 13.1 Å². The van der Waals surface area contributed by atoms with E-state index in [-0.39, 0.29) is 6.03 Å². The second-order valence-corrected chi connectivity index (χ2v) is 7.25. The quantitative estimate of drug-likeness (QED) is 0.902. The maximum Gasteiger partial charge on any atom is 0.321 e. The Morgan fingerprint density at radius 3 is 2.37 bits per heavy atom. The number of benzene rings is 1. The molecule has 2 heterocycles. The highest BCUT2D eigenvalue weighted by Crippen LogP contribution is 2.20. The Labute approximate surface area is 161 Å². The number of anilines is 3. The Balaban J connectivity index is 1.62. The lowest BCUT2D eigenvalue weighted by atomic mass is 10.1. The zero-order valence-corrected chi connectivity index (χ0v) is 16.8. The van der Waals surface area contributed by atoms with Crippen molar-refractivity contribution in [3.8, 4) is 0 Å². The Kier molecular flexibility index (Phi) is 5.48. The fourth-order valence-corrected chi connectivity index (χ4v) is 3.21. The number of hydrogen-bond acceptors (Lipinski definition) is 5. The van der Waals surface area contributed by atoms with E-state index in [1.807, 2.05) is 62.9 Å². The van der Waals surface area contributed by atoms with Crippen LogP contribution in [0.15, 0.2) is 24.3 Å². The Bertz CT molecular complexity index is 827. The highest BCUT2D eigenvalue weighted by molar-refractivity contribution is 5.90. The number of piperazine rings is 1. The summed E-state index contributed by atoms with van der Waals surface area (Å²) in [5, 5.41) is 3.03. The van der Waals surface area contributed by atoms with Crippen molar-refractivity contribution in [3.05, 3.63) is 41.2 Å². The SMILES string of the molecule is Cc1ccc(NC(=O)N2CCN(c3cc(N(C)C)nc(C)n3)CC2)c(C)c1. The molecule has 1 aliphatic rings. The fourth-order valence-electron chi connectivity index (χ4n) is 3.21. The monoisotopic (exact) mass is 368 g/mol. The summed E-state index contributed by atoms with van der Waals surface area (Å²) >= 11 is 0. The van der Waals surface area contributed by atoms with Crippen LogP contribution in [0.1, 0.15) is 17.0 Å². The van der Waals surface area contributed by atoms with E-state index in [4.69, 9.17) is 0 Å². The lowest BCUT2D eigenvalue weighted by Crippen LogP contribution is -2.50. The third kappa shape index (κ3) is 4.48. The summed E-state index contributed by atoms with van der Waals surface area (Å²) in [5.74, 6) is 2.57. The smallest absolute Gasteiger partial charge is 0.321 e. The van der Waals surface area contributed by atoms with E-state index < -0.39 is 0 Å². The summed E-state index contributed by atoms with van der Waals surface area (Å²) in [6.07, 6.45) is 0. The van der Waals surface area contributed by atoms with E-state index in [9.17, 15) is 4.79 Å². The topological polar surface area (TPSA) is 64.6 Å². The van der Waals surface area contributed by atoms with E-state index >= 15 is 0 Å². The number of aromatic nitrogens is 2. The van der Waals surface area contributed by atoms with E-state index in [1.54, 1.807) is 0 Å². The van der Waals surface area contributed by atoms with Gasteiger partial charge in [-0.05, 0) is 32.4 Å². The van der Waals surface area contributed by atoms with Gasteiger partial charge in [-0.1, -0.05) is 17.7 Å². The molecule has 7 nitrogen and oxygen atoms in total. The van der Waals surface area contributed by atoms with Crippen LogP contribution >= 0.6 is 0 Å². The van der Waals surface area contributed by atoms with Gasteiger partial charge in [0.2, 0.25) is 0 Å². The third-order valence-corrected chi connectivity index (χ3v) is 4.78. The standard InChI is InChI=1S/C20H28N6O/c1-14-6-7-17(15(2)12-14)23-20(27)26-10-8-25(9-11-26)19-13-18(24(4)5)21-16(3)22-19/h6-7,12-13H,8-11H2,1-5H3,(H,23,27). The molecule has 2 amide bonds. The molecule has 0 aliphatic carbocycles. The first-order valence-corrected chi connectivity index (χ1v) is 9.24. The number of hydrogen-bond donors (Lipinski definition) is 1. The van der Waals surface area contributed by atoms with Crippen LogP contribution in [0.3, 0.4) is 0 Å². The van der Waals surface area contributed by atoms with Gasteiger partial charge in [0.1, 0.15) is 17.5 Å². The number of rotatable bonds is 3. The molecule has 1 aliphatic heterocycles. The van der Waals surface area contributed by atoms with Crippen molar-refractivity contribution in [2.75, 3.05) is 55.4 Å². The molecule has 1 aromatic heterocycles. The summed E-state index contributed by atoms with van der Waals surface area (Å²) in [7, 11) is 3.95. The Morgan fingerprint density at radius 2 is 1.74 bits per heavy atom. The molecule has 1 fully saturated rings. The number of carbonyl (C=O) groups excluding carboxylic acids is 1. The zero-order valence-electron chi connectivity index (χ0n) is 16.8. The molecule has 1 saturated heterocycles. The van der Waals surface area contributed by atoms with Crippen LogP contribution in [0.5, 0.6) is 0 Å². The average molecular weight is 368 g/mol. The van der Waals surface area contributed by atoms with Crippen molar-refractivity contribution >= 4 is 23.4 Å². The first-order chi connectivity index (χ1) is 12.8. The lowest BCUT2D eigenvalue weighted by molar-refractivity contribution is 0.208. The minimum absolute atomic E-state index is 0.0468. The molecule has 0 radical (unpaired) electrons. The Hall–Kier alpha value is -2.83. The maximum absolute atomic E-state index is 12.6. The van der Waals surface area contributed by atoms with Crippen LogP contribution in [0.25, 0.3) is 0 Å². The van der Waals surface area contributed by atoms with Crippen molar-refractivity contribution in [1.82, 2.24) is 14.9 Å². The fraction of sp³-hybridized carbons (Fsp3) is 0.450. The van der Waals surface area contributed by atoms with Crippen LogP contribution in [0, 0.1) is 20.8 Å². The summed E-state index contributed by atoms with van der Waals surface area (Å²) in [6, 6.07) is 8.01. The average Bonchev–Trinajstić information content (AvgIpc) is 2.63. The molecular weight excluding hydrogens is 340 g/mol. The van der Waals surface area contributed by atoms with Gasteiger partial charge >= 0.3 is 6.03 Å². The van der Waals surface area contributed by atoms with Gasteiger partial charge in [-0.15, -0.1) is 0 Å². The van der Waals surface area contributed by atoms with Crippen LogP contribution in [0.4, 0.5) is 22.1 Å². The number of nitrogens with zero attached hydrogens (tertiary/aromatic N) is 5.